The van der Waals surface area contributed by atoms with Crippen molar-refractivity contribution >= 4 is 11.8 Å². The van der Waals surface area contributed by atoms with Crippen LogP contribution in [0.25, 0.3) is 0 Å². The van der Waals surface area contributed by atoms with Crippen molar-refractivity contribution in [3.63, 3.8) is 0 Å². The smallest absolute Gasteiger partial charge is 0.272 e. The van der Waals surface area contributed by atoms with Crippen molar-refractivity contribution in [3.05, 3.63) is 47.8 Å². The molecule has 8 heteroatoms. The average Bonchev–Trinajstić information content (AvgIpc) is 3.22. The third-order valence-electron chi connectivity index (χ3n) is 5.80. The van der Waals surface area contributed by atoms with Gasteiger partial charge in [-0.2, -0.15) is 0 Å². The minimum absolute atomic E-state index is 0.0704. The van der Waals surface area contributed by atoms with E-state index in [-0.39, 0.29) is 11.8 Å². The highest BCUT2D eigenvalue weighted by Gasteiger charge is 2.47. The van der Waals surface area contributed by atoms with Gasteiger partial charge in [-0.05, 0) is 25.0 Å². The molecule has 1 atom stereocenters. The van der Waals surface area contributed by atoms with E-state index in [0.717, 1.165) is 11.5 Å². The molecule has 1 unspecified atom stereocenters. The molecule has 0 aliphatic carbocycles. The molecular formula is C22H29N5O3. The summed E-state index contributed by atoms with van der Waals surface area (Å²) >= 11 is 0. The van der Waals surface area contributed by atoms with Gasteiger partial charge in [-0.25, -0.2) is 9.97 Å². The number of likely N-dealkylation sites (tertiary alicyclic amines) is 1. The van der Waals surface area contributed by atoms with Crippen LogP contribution in [0.15, 0.2) is 30.6 Å². The van der Waals surface area contributed by atoms with Gasteiger partial charge in [0.1, 0.15) is 17.1 Å². The Kier molecular flexibility index (Phi) is 5.60. The molecule has 0 aromatic carbocycles. The Hall–Kier alpha value is -2.74. The second-order valence-electron chi connectivity index (χ2n) is 8.60. The molecule has 30 heavy (non-hydrogen) atoms. The zero-order valence-corrected chi connectivity index (χ0v) is 17.8. The first-order valence-corrected chi connectivity index (χ1v) is 10.6. The van der Waals surface area contributed by atoms with Gasteiger partial charge >= 0.3 is 0 Å². The SMILES string of the molecule is Cc1cccc(C(=O)N2CCC3(CC2)OC(C(=O)NCC(C)C)Cn2ccnc23)n1. The van der Waals surface area contributed by atoms with Gasteiger partial charge < -0.3 is 19.5 Å². The molecule has 1 N–H and O–H groups in total. The Bertz CT molecular complexity index is 930. The van der Waals surface area contributed by atoms with Gasteiger partial charge in [-0.1, -0.05) is 19.9 Å². The van der Waals surface area contributed by atoms with Gasteiger partial charge in [-0.3, -0.25) is 9.59 Å². The summed E-state index contributed by atoms with van der Waals surface area (Å²) in [5.41, 5.74) is 0.628. The number of imidazole rings is 1. The lowest BCUT2D eigenvalue weighted by Gasteiger charge is -2.45. The number of hydrogen-bond donors (Lipinski definition) is 1. The fourth-order valence-corrected chi connectivity index (χ4v) is 4.19. The summed E-state index contributed by atoms with van der Waals surface area (Å²) in [7, 11) is 0. The number of aromatic nitrogens is 3. The predicted octanol–water partition coefficient (Wildman–Crippen LogP) is 1.89. The van der Waals surface area contributed by atoms with Crippen LogP contribution in [0.2, 0.25) is 0 Å². The van der Waals surface area contributed by atoms with Crippen molar-refractivity contribution in [3.8, 4) is 0 Å². The van der Waals surface area contributed by atoms with Gasteiger partial charge in [-0.15, -0.1) is 0 Å². The van der Waals surface area contributed by atoms with Crippen molar-refractivity contribution in [1.29, 1.82) is 0 Å². The maximum atomic E-state index is 12.9. The number of ether oxygens (including phenoxy) is 1. The number of carbonyl (C=O) groups is 2. The topological polar surface area (TPSA) is 89.4 Å². The minimum Gasteiger partial charge on any atom is -0.354 e. The third kappa shape index (κ3) is 3.96. The fraction of sp³-hybridized carbons (Fsp3) is 0.545. The summed E-state index contributed by atoms with van der Waals surface area (Å²) in [5, 5.41) is 2.98. The van der Waals surface area contributed by atoms with Crippen LogP contribution in [-0.2, 0) is 21.7 Å². The molecule has 0 saturated carbocycles. The van der Waals surface area contributed by atoms with Crippen molar-refractivity contribution in [2.45, 2.75) is 51.9 Å². The van der Waals surface area contributed by atoms with Crippen LogP contribution in [-0.4, -0.2) is 57.0 Å². The van der Waals surface area contributed by atoms with E-state index >= 15 is 0 Å². The molecule has 2 aromatic heterocycles. The molecule has 1 saturated heterocycles. The van der Waals surface area contributed by atoms with Crippen LogP contribution >= 0.6 is 0 Å². The van der Waals surface area contributed by atoms with E-state index in [4.69, 9.17) is 4.74 Å². The predicted molar refractivity (Wildman–Crippen MR) is 111 cm³/mol. The highest BCUT2D eigenvalue weighted by molar-refractivity contribution is 5.92. The van der Waals surface area contributed by atoms with Crippen LogP contribution in [0.3, 0.4) is 0 Å². The highest BCUT2D eigenvalue weighted by atomic mass is 16.5. The zero-order chi connectivity index (χ0) is 21.3. The maximum absolute atomic E-state index is 12.9. The van der Waals surface area contributed by atoms with Crippen LogP contribution in [0.1, 0.15) is 48.7 Å². The first-order valence-electron chi connectivity index (χ1n) is 10.6. The number of fused-ring (bicyclic) bond motifs is 2. The Morgan fingerprint density at radius 2 is 2.07 bits per heavy atom. The molecule has 0 bridgehead atoms. The zero-order valence-electron chi connectivity index (χ0n) is 17.8. The molecule has 1 spiro atoms. The molecule has 8 nitrogen and oxygen atoms in total. The largest absolute Gasteiger partial charge is 0.354 e. The minimum atomic E-state index is -0.654. The number of aryl methyl sites for hydroxylation is 1. The van der Waals surface area contributed by atoms with Gasteiger partial charge in [0.05, 0.1) is 6.54 Å². The van der Waals surface area contributed by atoms with E-state index in [0.29, 0.717) is 50.6 Å². The molecule has 2 aliphatic rings. The number of rotatable bonds is 4. The fourth-order valence-electron chi connectivity index (χ4n) is 4.19. The molecule has 4 rings (SSSR count). The summed E-state index contributed by atoms with van der Waals surface area (Å²) in [4.78, 5) is 36.3. The second kappa shape index (κ2) is 8.18. The molecule has 0 radical (unpaired) electrons. The molecular weight excluding hydrogens is 382 g/mol. The summed E-state index contributed by atoms with van der Waals surface area (Å²) in [5.74, 6) is 1.06. The van der Waals surface area contributed by atoms with Crippen molar-refractivity contribution in [1.82, 2.24) is 24.8 Å². The van der Waals surface area contributed by atoms with Gasteiger partial charge in [0.2, 0.25) is 0 Å². The first-order chi connectivity index (χ1) is 14.4. The first kappa shape index (κ1) is 20.5. The number of piperidine rings is 1. The lowest BCUT2D eigenvalue weighted by molar-refractivity contribution is -0.172. The number of nitrogens with zero attached hydrogens (tertiary/aromatic N) is 4. The molecule has 4 heterocycles. The van der Waals surface area contributed by atoms with Crippen molar-refractivity contribution < 1.29 is 14.3 Å². The molecule has 2 aliphatic heterocycles. The number of amides is 2. The number of carbonyl (C=O) groups excluding carboxylic acids is 2. The van der Waals surface area contributed by atoms with E-state index in [1.165, 1.54) is 0 Å². The molecule has 2 amide bonds. The number of hydrogen-bond acceptors (Lipinski definition) is 5. The van der Waals surface area contributed by atoms with Crippen molar-refractivity contribution in [2.75, 3.05) is 19.6 Å². The van der Waals surface area contributed by atoms with Crippen LogP contribution < -0.4 is 5.32 Å². The normalized spacial score (nSPS) is 20.3. The number of nitrogens with one attached hydrogen (secondary N) is 1. The van der Waals surface area contributed by atoms with E-state index in [9.17, 15) is 9.59 Å². The van der Waals surface area contributed by atoms with Gasteiger partial charge in [0.15, 0.2) is 6.10 Å². The molecule has 1 fully saturated rings. The van der Waals surface area contributed by atoms with E-state index < -0.39 is 11.7 Å². The Morgan fingerprint density at radius 1 is 1.30 bits per heavy atom. The van der Waals surface area contributed by atoms with Crippen LogP contribution in [0, 0.1) is 12.8 Å². The molecule has 160 valence electrons. The third-order valence-corrected chi connectivity index (χ3v) is 5.80. The highest BCUT2D eigenvalue weighted by Crippen LogP contribution is 2.40. The number of pyridine rings is 1. The maximum Gasteiger partial charge on any atom is 0.272 e. The summed E-state index contributed by atoms with van der Waals surface area (Å²) in [6.45, 7) is 8.14. The standard InChI is InChI=1S/C22H29N5O3/c1-15(2)13-24-19(28)18-14-27-12-9-23-21(27)22(30-18)7-10-26(11-8-22)20(29)17-6-4-5-16(3)25-17/h4-6,9,12,15,18H,7-8,10-11,13-14H2,1-3H3,(H,24,28). The Balaban J connectivity index is 1.49. The summed E-state index contributed by atoms with van der Waals surface area (Å²) < 4.78 is 8.41. The summed E-state index contributed by atoms with van der Waals surface area (Å²) in [6.07, 6.45) is 4.27. The Morgan fingerprint density at radius 3 is 2.77 bits per heavy atom. The van der Waals surface area contributed by atoms with Crippen LogP contribution in [0.5, 0.6) is 0 Å². The van der Waals surface area contributed by atoms with E-state index in [1.54, 1.807) is 12.3 Å². The van der Waals surface area contributed by atoms with Crippen LogP contribution in [0.4, 0.5) is 0 Å². The Labute approximate surface area is 176 Å². The second-order valence-corrected chi connectivity index (χ2v) is 8.60. The van der Waals surface area contributed by atoms with Crippen molar-refractivity contribution in [2.24, 2.45) is 5.92 Å². The van der Waals surface area contributed by atoms with E-state index in [1.807, 2.05) is 34.7 Å². The lowest BCUT2D eigenvalue weighted by Crippen LogP contribution is -2.55. The van der Waals surface area contributed by atoms with Gasteiger partial charge in [0, 0.05) is 50.6 Å². The molecule has 2 aromatic rings. The monoisotopic (exact) mass is 411 g/mol. The summed E-state index contributed by atoms with van der Waals surface area (Å²) in [6, 6.07) is 5.48. The lowest BCUT2D eigenvalue weighted by atomic mass is 9.88. The quantitative estimate of drug-likeness (QED) is 0.830. The average molecular weight is 412 g/mol. The van der Waals surface area contributed by atoms with Gasteiger partial charge in [0.25, 0.3) is 11.8 Å². The van der Waals surface area contributed by atoms with E-state index in [2.05, 4.69) is 29.1 Å².